The first kappa shape index (κ1) is 14.2. The smallest absolute Gasteiger partial charge is 0.311 e. The topological polar surface area (TPSA) is 104 Å². The van der Waals surface area contributed by atoms with Gasteiger partial charge in [0.25, 0.3) is 5.91 Å². The van der Waals surface area contributed by atoms with Crippen molar-refractivity contribution in [1.29, 1.82) is 0 Å². The zero-order valence-corrected chi connectivity index (χ0v) is 11.5. The van der Waals surface area contributed by atoms with Crippen molar-refractivity contribution in [1.82, 2.24) is 15.5 Å². The zero-order chi connectivity index (χ0) is 14.8. The maximum Gasteiger partial charge on any atom is 0.311 e. The Morgan fingerprint density at radius 3 is 2.70 bits per heavy atom. The molecule has 2 atom stereocenters. The Labute approximate surface area is 116 Å². The summed E-state index contributed by atoms with van der Waals surface area (Å²) in [6.07, 6.45) is 2.29. The van der Waals surface area contributed by atoms with E-state index in [4.69, 9.17) is 0 Å². The minimum absolute atomic E-state index is 0.180. The fourth-order valence-corrected chi connectivity index (χ4v) is 2.49. The van der Waals surface area contributed by atoms with Crippen molar-refractivity contribution in [2.75, 3.05) is 12.4 Å². The number of carbonyl (C=O) groups excluding carboxylic acids is 1. The molecule has 1 heterocycles. The van der Waals surface area contributed by atoms with Gasteiger partial charge in [0.1, 0.15) is 5.82 Å². The molecule has 2 unspecified atom stereocenters. The van der Waals surface area contributed by atoms with Gasteiger partial charge in [-0.25, -0.2) is 0 Å². The summed E-state index contributed by atoms with van der Waals surface area (Å²) in [5, 5.41) is 22.6. The number of amides is 1. The lowest BCUT2D eigenvalue weighted by molar-refractivity contribution is -0.147. The van der Waals surface area contributed by atoms with Gasteiger partial charge in [0.15, 0.2) is 5.69 Å². The van der Waals surface area contributed by atoms with Gasteiger partial charge in [-0.1, -0.05) is 6.42 Å². The highest BCUT2D eigenvalue weighted by molar-refractivity contribution is 5.91. The number of hydrogen-bond acceptors (Lipinski definition) is 5. The Balaban J connectivity index is 2.10. The highest BCUT2D eigenvalue weighted by Crippen LogP contribution is 2.39. The zero-order valence-electron chi connectivity index (χ0n) is 11.5. The second kappa shape index (κ2) is 5.44. The molecular formula is C13H18N4O3. The minimum Gasteiger partial charge on any atom is -0.481 e. The van der Waals surface area contributed by atoms with Gasteiger partial charge in [0.2, 0.25) is 0 Å². The predicted molar refractivity (Wildman–Crippen MR) is 72.4 cm³/mol. The van der Waals surface area contributed by atoms with Crippen LogP contribution >= 0.6 is 0 Å². The van der Waals surface area contributed by atoms with Crippen LogP contribution in [-0.4, -0.2) is 40.3 Å². The lowest BCUT2D eigenvalue weighted by Crippen LogP contribution is -2.40. The van der Waals surface area contributed by atoms with Crippen LogP contribution in [0.15, 0.2) is 12.1 Å². The van der Waals surface area contributed by atoms with Gasteiger partial charge in [-0.05, 0) is 31.9 Å². The average Bonchev–Trinajstić information content (AvgIpc) is 2.81. The second-order valence-electron chi connectivity index (χ2n) is 5.19. The van der Waals surface area contributed by atoms with Crippen LogP contribution in [0.1, 0.15) is 36.7 Å². The number of nitrogens with zero attached hydrogens (tertiary/aromatic N) is 2. The van der Waals surface area contributed by atoms with Crippen LogP contribution < -0.4 is 10.6 Å². The van der Waals surface area contributed by atoms with Crippen molar-refractivity contribution in [3.05, 3.63) is 17.8 Å². The Bertz CT molecular complexity index is 517. The summed E-state index contributed by atoms with van der Waals surface area (Å²) >= 11 is 0. The lowest BCUT2D eigenvalue weighted by atomic mass is 9.85. The van der Waals surface area contributed by atoms with Gasteiger partial charge >= 0.3 is 5.97 Å². The van der Waals surface area contributed by atoms with Crippen LogP contribution in [0, 0.1) is 5.41 Å². The Hall–Kier alpha value is -2.18. The first-order valence-electron chi connectivity index (χ1n) is 6.53. The molecule has 3 N–H and O–H groups in total. The molecule has 0 bridgehead atoms. The molecule has 1 fully saturated rings. The quantitative estimate of drug-likeness (QED) is 0.755. The van der Waals surface area contributed by atoms with Gasteiger partial charge in [-0.2, -0.15) is 0 Å². The van der Waals surface area contributed by atoms with Crippen molar-refractivity contribution in [2.24, 2.45) is 5.41 Å². The van der Waals surface area contributed by atoms with E-state index in [9.17, 15) is 14.7 Å². The summed E-state index contributed by atoms with van der Waals surface area (Å²) in [6.45, 7) is 1.74. The van der Waals surface area contributed by atoms with Crippen molar-refractivity contribution in [3.63, 3.8) is 0 Å². The summed E-state index contributed by atoms with van der Waals surface area (Å²) in [5.41, 5.74) is -0.563. The van der Waals surface area contributed by atoms with E-state index >= 15 is 0 Å². The third-order valence-corrected chi connectivity index (χ3v) is 3.89. The highest BCUT2D eigenvalue weighted by atomic mass is 16.4. The molecule has 1 amide bonds. The van der Waals surface area contributed by atoms with Crippen LogP contribution in [0.25, 0.3) is 0 Å². The average molecular weight is 278 g/mol. The molecule has 0 aromatic carbocycles. The summed E-state index contributed by atoms with van der Waals surface area (Å²) in [7, 11) is 1.52. The van der Waals surface area contributed by atoms with E-state index < -0.39 is 11.4 Å². The van der Waals surface area contributed by atoms with Crippen LogP contribution in [0.3, 0.4) is 0 Å². The third kappa shape index (κ3) is 2.56. The summed E-state index contributed by atoms with van der Waals surface area (Å²) in [6, 6.07) is 3.01. The molecule has 108 valence electrons. The molecular weight excluding hydrogens is 260 g/mol. The Morgan fingerprint density at radius 2 is 2.15 bits per heavy atom. The number of nitrogens with one attached hydrogen (secondary N) is 2. The first-order valence-corrected chi connectivity index (χ1v) is 6.53. The van der Waals surface area contributed by atoms with Gasteiger partial charge in [0, 0.05) is 13.1 Å². The molecule has 1 aromatic rings. The van der Waals surface area contributed by atoms with Gasteiger partial charge in [0.05, 0.1) is 5.41 Å². The van der Waals surface area contributed by atoms with Crippen molar-refractivity contribution in [3.8, 4) is 0 Å². The monoisotopic (exact) mass is 278 g/mol. The molecule has 1 aliphatic rings. The molecule has 1 saturated carbocycles. The van der Waals surface area contributed by atoms with E-state index in [-0.39, 0.29) is 17.6 Å². The van der Waals surface area contributed by atoms with Crippen molar-refractivity contribution < 1.29 is 14.7 Å². The van der Waals surface area contributed by atoms with Gasteiger partial charge in [-0.3, -0.25) is 9.59 Å². The van der Waals surface area contributed by atoms with Crippen LogP contribution in [0.5, 0.6) is 0 Å². The van der Waals surface area contributed by atoms with Crippen molar-refractivity contribution in [2.45, 2.75) is 32.2 Å². The van der Waals surface area contributed by atoms with E-state index in [1.807, 2.05) is 0 Å². The van der Waals surface area contributed by atoms with E-state index in [2.05, 4.69) is 20.8 Å². The molecule has 7 heteroatoms. The molecule has 2 rings (SSSR count). The number of rotatable bonds is 4. The molecule has 0 radical (unpaired) electrons. The number of anilines is 1. The second-order valence-corrected chi connectivity index (χ2v) is 5.19. The predicted octanol–water partition coefficient (Wildman–Crippen LogP) is 0.891. The van der Waals surface area contributed by atoms with E-state index in [0.29, 0.717) is 12.2 Å². The number of carbonyl (C=O) groups is 2. The normalized spacial score (nSPS) is 25.2. The molecule has 0 aliphatic heterocycles. The summed E-state index contributed by atoms with van der Waals surface area (Å²) < 4.78 is 0. The fraction of sp³-hybridized carbons (Fsp3) is 0.538. The fourth-order valence-electron chi connectivity index (χ4n) is 2.49. The molecule has 1 aromatic heterocycles. The SMILES string of the molecule is CNC(=O)c1ccc(NC2CCCC2(C)C(=O)O)nn1. The minimum atomic E-state index is -0.803. The molecule has 20 heavy (non-hydrogen) atoms. The standard InChI is InChI=1S/C13H18N4O3/c1-13(12(19)20)7-3-4-9(13)15-10-6-5-8(16-17-10)11(18)14-2/h5-6,9H,3-4,7H2,1-2H3,(H,14,18)(H,15,17)(H,19,20). The maximum atomic E-state index is 11.4. The van der Waals surface area contributed by atoms with Crippen LogP contribution in [0.2, 0.25) is 0 Å². The molecule has 7 nitrogen and oxygen atoms in total. The van der Waals surface area contributed by atoms with Gasteiger partial charge in [-0.15, -0.1) is 10.2 Å². The largest absolute Gasteiger partial charge is 0.481 e. The molecule has 1 aliphatic carbocycles. The number of hydrogen-bond donors (Lipinski definition) is 3. The maximum absolute atomic E-state index is 11.4. The Morgan fingerprint density at radius 1 is 1.40 bits per heavy atom. The molecule has 0 spiro atoms. The highest BCUT2D eigenvalue weighted by Gasteiger charge is 2.45. The van der Waals surface area contributed by atoms with Gasteiger partial charge < -0.3 is 15.7 Å². The Kier molecular flexibility index (Phi) is 3.87. The van der Waals surface area contributed by atoms with E-state index in [1.54, 1.807) is 19.1 Å². The number of carboxylic acids is 1. The molecule has 0 saturated heterocycles. The van der Waals surface area contributed by atoms with Crippen molar-refractivity contribution >= 4 is 17.7 Å². The third-order valence-electron chi connectivity index (χ3n) is 3.89. The summed E-state index contributed by atoms with van der Waals surface area (Å²) in [5.74, 6) is -0.625. The number of aromatic nitrogens is 2. The number of aliphatic carboxylic acids is 1. The van der Waals surface area contributed by atoms with E-state index in [1.165, 1.54) is 7.05 Å². The first-order chi connectivity index (χ1) is 9.47. The lowest BCUT2D eigenvalue weighted by Gasteiger charge is -2.27. The van der Waals surface area contributed by atoms with E-state index in [0.717, 1.165) is 12.8 Å². The summed E-state index contributed by atoms with van der Waals surface area (Å²) in [4.78, 5) is 22.7. The number of carboxylic acid groups (broad SMARTS) is 1. The van der Waals surface area contributed by atoms with Crippen LogP contribution in [-0.2, 0) is 4.79 Å². The van der Waals surface area contributed by atoms with Crippen LogP contribution in [0.4, 0.5) is 5.82 Å².